The summed E-state index contributed by atoms with van der Waals surface area (Å²) >= 11 is 0. The van der Waals surface area contributed by atoms with E-state index in [1.54, 1.807) is 52.6 Å². The Morgan fingerprint density at radius 1 is 1.00 bits per heavy atom. The molecular weight excluding hydrogens is 835 g/mol. The van der Waals surface area contributed by atoms with E-state index in [1.807, 2.05) is 19.9 Å². The monoisotopic (exact) mass is 885 g/mol. The van der Waals surface area contributed by atoms with Crippen LogP contribution in [0.5, 0.6) is 5.75 Å². The fourth-order valence-electron chi connectivity index (χ4n) is 10.2. The molecule has 338 valence electrons. The second kappa shape index (κ2) is 16.2. The maximum Gasteiger partial charge on any atom is 0.409 e. The van der Waals surface area contributed by atoms with E-state index < -0.39 is 47.7 Å². The number of aryl methyl sites for hydroxylation is 2. The van der Waals surface area contributed by atoms with Gasteiger partial charge in [-0.3, -0.25) is 19.2 Å². The van der Waals surface area contributed by atoms with Crippen molar-refractivity contribution in [1.82, 2.24) is 24.6 Å². The van der Waals surface area contributed by atoms with Crippen LogP contribution in [0.15, 0.2) is 47.3 Å². The highest BCUT2D eigenvalue weighted by Crippen LogP contribution is 2.43. The van der Waals surface area contributed by atoms with E-state index in [1.165, 1.54) is 0 Å². The van der Waals surface area contributed by atoms with Crippen LogP contribution in [-0.2, 0) is 55.4 Å². The van der Waals surface area contributed by atoms with Gasteiger partial charge < -0.3 is 40.3 Å². The lowest BCUT2D eigenvalue weighted by Crippen LogP contribution is -2.49. The highest BCUT2D eigenvalue weighted by Gasteiger charge is 2.51. The first-order chi connectivity index (χ1) is 31.0. The van der Waals surface area contributed by atoms with Crippen molar-refractivity contribution in [3.63, 3.8) is 0 Å². The number of phenolic OH excluding ortho intramolecular Hbond substituents is 1. The van der Waals surface area contributed by atoms with Crippen LogP contribution in [0.1, 0.15) is 121 Å². The number of nitrogens with zero attached hydrogens (tertiary/aromatic N) is 4. The number of aromatic nitrogens is 4. The van der Waals surface area contributed by atoms with Crippen LogP contribution >= 0.6 is 0 Å². The van der Waals surface area contributed by atoms with Crippen LogP contribution in [0.4, 0.5) is 10.5 Å². The van der Waals surface area contributed by atoms with Gasteiger partial charge in [-0.15, -0.1) is 0 Å². The number of Topliss-reactive ketones (excluding diaryl/α,β-unsaturated/α-hetero) is 1. The standard InChI is InChI=1S/C48H51N7O10/c1-6-29-31-17-27(56)11-15-35(31)52-42-32(29)22-54-37(42)18-34-33(44(54)60)23-63-45(61)48(34,7-2)65-46(62)50-21-40(58)64-28-12-8-25(9-13-28)51-36-16-26(10-14-30(36)43(49)59)55-38-19-47(4,5)20-39(57)41(38)24(3)53-55/h10-11,14-18,25,28,51,56H,6-9,12-13,19-23H2,1-5H3,(H2,49,59)(H,50,62)/t25-,28-,48-/m0/s1. The van der Waals surface area contributed by atoms with Gasteiger partial charge in [-0.05, 0) is 105 Å². The number of nitrogens with two attached hydrogens (primary N) is 1. The minimum atomic E-state index is -1.98. The third kappa shape index (κ3) is 7.55. The number of anilines is 1. The number of carbonyl (C=O) groups excluding carboxylic acids is 5. The molecule has 2 amide bonds. The van der Waals surface area contributed by atoms with E-state index in [0.29, 0.717) is 90.0 Å². The number of alkyl carbamates (subject to hydrolysis) is 1. The second-order valence-electron chi connectivity index (χ2n) is 18.2. The van der Waals surface area contributed by atoms with Crippen molar-refractivity contribution in [2.45, 2.75) is 117 Å². The molecule has 65 heavy (non-hydrogen) atoms. The maximum absolute atomic E-state index is 14.1. The number of cyclic esters (lactones) is 1. The number of phenols is 1. The van der Waals surface area contributed by atoms with Crippen molar-refractivity contribution in [1.29, 1.82) is 0 Å². The predicted molar refractivity (Wildman–Crippen MR) is 237 cm³/mol. The summed E-state index contributed by atoms with van der Waals surface area (Å²) < 4.78 is 20.4. The number of rotatable bonds is 10. The number of primary amides is 1. The number of esters is 2. The number of nitrogens with one attached hydrogen (secondary N) is 2. The number of aromatic hydroxyl groups is 1. The summed E-state index contributed by atoms with van der Waals surface area (Å²) in [5, 5.41) is 21.6. The highest BCUT2D eigenvalue weighted by molar-refractivity contribution is 6.00. The summed E-state index contributed by atoms with van der Waals surface area (Å²) in [6.07, 6.45) is 2.34. The molecular formula is C48H51N7O10. The topological polar surface area (TPSA) is 236 Å². The number of amides is 2. The zero-order chi connectivity index (χ0) is 46.1. The number of carbonyl (C=O) groups is 5. The minimum Gasteiger partial charge on any atom is -0.508 e. The van der Waals surface area contributed by atoms with Gasteiger partial charge in [0, 0.05) is 34.7 Å². The lowest BCUT2D eigenvalue weighted by atomic mass is 9.75. The average molecular weight is 886 g/mol. The number of ketones is 1. The molecule has 2 aliphatic heterocycles. The molecule has 2 aromatic carbocycles. The molecule has 5 heterocycles. The van der Waals surface area contributed by atoms with Gasteiger partial charge in [0.25, 0.3) is 11.5 Å². The fourth-order valence-corrected chi connectivity index (χ4v) is 10.2. The van der Waals surface area contributed by atoms with Crippen LogP contribution in [0.2, 0.25) is 0 Å². The molecule has 3 aromatic heterocycles. The van der Waals surface area contributed by atoms with E-state index >= 15 is 0 Å². The van der Waals surface area contributed by atoms with Crippen LogP contribution in [-0.4, -0.2) is 72.9 Å². The number of hydrogen-bond donors (Lipinski definition) is 4. The Balaban J connectivity index is 0.846. The van der Waals surface area contributed by atoms with Gasteiger partial charge >= 0.3 is 18.0 Å². The molecule has 5 aromatic rings. The first-order valence-corrected chi connectivity index (χ1v) is 22.1. The van der Waals surface area contributed by atoms with Crippen molar-refractivity contribution in [2.24, 2.45) is 11.1 Å². The van der Waals surface area contributed by atoms with Gasteiger partial charge in [0.05, 0.1) is 57.2 Å². The fraction of sp³-hybridized carbons (Fsp3) is 0.417. The normalized spacial score (nSPS) is 20.5. The lowest BCUT2D eigenvalue weighted by molar-refractivity contribution is -0.172. The van der Waals surface area contributed by atoms with Crippen LogP contribution in [0, 0.1) is 12.3 Å². The Morgan fingerprint density at radius 2 is 1.77 bits per heavy atom. The van der Waals surface area contributed by atoms with Crippen molar-refractivity contribution in [3.8, 4) is 22.8 Å². The average Bonchev–Trinajstić information content (AvgIpc) is 3.80. The Bertz CT molecular complexity index is 2930. The maximum atomic E-state index is 14.1. The van der Waals surface area contributed by atoms with E-state index in [2.05, 4.69) is 24.5 Å². The molecule has 0 saturated heterocycles. The number of benzene rings is 2. The van der Waals surface area contributed by atoms with Crippen molar-refractivity contribution >= 4 is 46.3 Å². The molecule has 9 rings (SSSR count). The molecule has 17 heteroatoms. The molecule has 0 unspecified atom stereocenters. The second-order valence-corrected chi connectivity index (χ2v) is 18.2. The van der Waals surface area contributed by atoms with Gasteiger partial charge in [-0.2, -0.15) is 5.10 Å². The van der Waals surface area contributed by atoms with Gasteiger partial charge in [0.2, 0.25) is 5.60 Å². The van der Waals surface area contributed by atoms with Crippen LogP contribution in [0.3, 0.4) is 0 Å². The summed E-state index contributed by atoms with van der Waals surface area (Å²) in [6.45, 7) is 8.95. The van der Waals surface area contributed by atoms with Gasteiger partial charge in [0.1, 0.15) is 25.0 Å². The van der Waals surface area contributed by atoms with Crippen molar-refractivity contribution in [3.05, 3.63) is 97.6 Å². The molecule has 1 saturated carbocycles. The first kappa shape index (κ1) is 43.2. The molecule has 0 bridgehead atoms. The molecule has 0 spiro atoms. The zero-order valence-corrected chi connectivity index (χ0v) is 37.0. The summed E-state index contributed by atoms with van der Waals surface area (Å²) in [7, 11) is 0. The summed E-state index contributed by atoms with van der Waals surface area (Å²) in [4.78, 5) is 84.5. The van der Waals surface area contributed by atoms with Gasteiger partial charge in [-0.25, -0.2) is 19.3 Å². The third-order valence-corrected chi connectivity index (χ3v) is 13.3. The Labute approximate surface area is 373 Å². The molecule has 5 N–H and O–H groups in total. The van der Waals surface area contributed by atoms with Gasteiger partial charge in [-0.1, -0.05) is 27.7 Å². The molecule has 1 atom stereocenters. The third-order valence-electron chi connectivity index (χ3n) is 13.3. The Kier molecular flexibility index (Phi) is 10.8. The first-order valence-electron chi connectivity index (χ1n) is 22.1. The SMILES string of the molecule is CCc1c2c(nc3ccc(O)cc13)-c1cc3c(c(=O)n1C2)COC(=O)[C@@]3(CC)OC(=O)NCC(=O)O[C@H]1CC[C@H](Nc2cc(-n3nc(C)c4c3CC(C)(C)CC4=O)ccc2C(N)=O)CC1. The van der Waals surface area contributed by atoms with Crippen molar-refractivity contribution in [2.75, 3.05) is 11.9 Å². The van der Waals surface area contributed by atoms with Gasteiger partial charge in [0.15, 0.2) is 5.78 Å². The number of pyridine rings is 2. The predicted octanol–water partition coefficient (Wildman–Crippen LogP) is 5.80. The Hall–Kier alpha value is -7.04. The summed E-state index contributed by atoms with van der Waals surface area (Å²) in [6, 6.07) is 11.8. The van der Waals surface area contributed by atoms with Crippen LogP contribution in [0.25, 0.3) is 28.0 Å². The Morgan fingerprint density at radius 3 is 2.49 bits per heavy atom. The molecule has 0 radical (unpaired) electrons. The summed E-state index contributed by atoms with van der Waals surface area (Å²) in [5.74, 6) is -1.98. The minimum absolute atomic E-state index is 0.0657. The van der Waals surface area contributed by atoms with Crippen LogP contribution < -0.4 is 21.9 Å². The number of ether oxygens (including phenoxy) is 3. The largest absolute Gasteiger partial charge is 0.508 e. The summed E-state index contributed by atoms with van der Waals surface area (Å²) in [5.41, 5.74) is 10.7. The van der Waals surface area contributed by atoms with E-state index in [-0.39, 0.29) is 53.7 Å². The molecule has 1 fully saturated rings. The highest BCUT2D eigenvalue weighted by atomic mass is 16.6. The number of fused-ring (bicyclic) bond motifs is 6. The smallest absolute Gasteiger partial charge is 0.409 e. The molecule has 2 aliphatic carbocycles. The van der Waals surface area contributed by atoms with E-state index in [9.17, 15) is 33.9 Å². The quantitative estimate of drug-likeness (QED) is 0.0942. The molecule has 17 nitrogen and oxygen atoms in total. The zero-order valence-electron chi connectivity index (χ0n) is 37.0. The van der Waals surface area contributed by atoms with E-state index in [4.69, 9.17) is 30.0 Å². The molecule has 4 aliphatic rings. The van der Waals surface area contributed by atoms with Crippen molar-refractivity contribution < 1.29 is 43.3 Å². The lowest BCUT2D eigenvalue weighted by Gasteiger charge is -2.35. The number of hydrogen-bond acceptors (Lipinski definition) is 13. The van der Waals surface area contributed by atoms with E-state index in [0.717, 1.165) is 22.2 Å².